The second-order valence-corrected chi connectivity index (χ2v) is 7.17. The van der Waals surface area contributed by atoms with Crippen LogP contribution in [0.5, 0.6) is 11.5 Å². The van der Waals surface area contributed by atoms with Gasteiger partial charge in [0.05, 0.1) is 25.8 Å². The fourth-order valence-electron chi connectivity index (χ4n) is 3.80. The van der Waals surface area contributed by atoms with E-state index >= 15 is 0 Å². The minimum Gasteiger partial charge on any atom is -0.493 e. The molecule has 0 aliphatic carbocycles. The maximum atomic E-state index is 13.9. The molecule has 9 heteroatoms. The number of nitrogens with one attached hydrogen (secondary N) is 1. The first-order chi connectivity index (χ1) is 15.5. The number of carbonyl (C=O) groups excluding carboxylic acids is 1. The molecule has 1 atom stereocenters. The number of amides is 2. The number of hydrogen-bond donors (Lipinski definition) is 1. The third-order valence-corrected chi connectivity index (χ3v) is 5.39. The maximum Gasteiger partial charge on any atom is 0.322 e. The number of hydrogen-bond acceptors (Lipinski definition) is 6. The Bertz CT molecular complexity index is 1190. The van der Waals surface area contributed by atoms with E-state index in [-0.39, 0.29) is 11.9 Å². The first-order valence-corrected chi connectivity index (χ1v) is 10.1. The number of halogens is 1. The van der Waals surface area contributed by atoms with Crippen molar-refractivity contribution in [3.8, 4) is 22.9 Å². The zero-order valence-electron chi connectivity index (χ0n) is 18.2. The summed E-state index contributed by atoms with van der Waals surface area (Å²) in [7, 11) is 3.10. The number of nitrogens with zero attached hydrogens (tertiary/aromatic N) is 3. The van der Waals surface area contributed by atoms with Crippen LogP contribution >= 0.6 is 0 Å². The standard InChI is InChI=1S/C23H23FN4O4/c1-5-28-13(2)19(20(25-23(28)29)14-7-6-8-16(24)11-14)22-26-21(27-32-22)15-9-10-17(30-3)18(12-15)31-4/h6-12,20H,5H2,1-4H3,(H,25,29). The van der Waals surface area contributed by atoms with Crippen molar-refractivity contribution in [3.63, 3.8) is 0 Å². The predicted molar refractivity (Wildman–Crippen MR) is 115 cm³/mol. The Morgan fingerprint density at radius 3 is 2.62 bits per heavy atom. The Morgan fingerprint density at radius 1 is 1.16 bits per heavy atom. The van der Waals surface area contributed by atoms with Crippen LogP contribution in [0, 0.1) is 5.82 Å². The molecule has 1 aromatic heterocycles. The molecule has 1 unspecified atom stereocenters. The van der Waals surface area contributed by atoms with E-state index in [1.165, 1.54) is 12.1 Å². The quantitative estimate of drug-likeness (QED) is 0.613. The molecule has 1 aliphatic heterocycles. The van der Waals surface area contributed by atoms with Crippen LogP contribution in [0.25, 0.3) is 17.0 Å². The van der Waals surface area contributed by atoms with E-state index in [4.69, 9.17) is 14.0 Å². The van der Waals surface area contributed by atoms with Gasteiger partial charge in [0, 0.05) is 17.8 Å². The van der Waals surface area contributed by atoms with E-state index in [0.29, 0.717) is 46.3 Å². The Kier molecular flexibility index (Phi) is 5.81. The molecule has 0 bridgehead atoms. The summed E-state index contributed by atoms with van der Waals surface area (Å²) in [5, 5.41) is 7.04. The van der Waals surface area contributed by atoms with Gasteiger partial charge in [-0.2, -0.15) is 4.98 Å². The van der Waals surface area contributed by atoms with Crippen LogP contribution in [0.2, 0.25) is 0 Å². The molecule has 2 aromatic carbocycles. The van der Waals surface area contributed by atoms with Crippen molar-refractivity contribution in [2.45, 2.75) is 19.9 Å². The van der Waals surface area contributed by atoms with Gasteiger partial charge in [-0.1, -0.05) is 17.3 Å². The van der Waals surface area contributed by atoms with Gasteiger partial charge < -0.3 is 19.3 Å². The van der Waals surface area contributed by atoms with Crippen LogP contribution < -0.4 is 14.8 Å². The third kappa shape index (κ3) is 3.77. The zero-order valence-corrected chi connectivity index (χ0v) is 18.2. The highest BCUT2D eigenvalue weighted by Gasteiger charge is 2.35. The molecule has 1 aliphatic rings. The highest BCUT2D eigenvalue weighted by Crippen LogP contribution is 2.38. The highest BCUT2D eigenvalue weighted by molar-refractivity contribution is 5.86. The first kappa shape index (κ1) is 21.4. The molecular formula is C23H23FN4O4. The van der Waals surface area contributed by atoms with Gasteiger partial charge in [-0.15, -0.1) is 0 Å². The second-order valence-electron chi connectivity index (χ2n) is 7.17. The highest BCUT2D eigenvalue weighted by atomic mass is 19.1. The number of carbonyl (C=O) groups is 1. The number of aromatic nitrogens is 2. The predicted octanol–water partition coefficient (Wildman–Crippen LogP) is 4.41. The SMILES string of the molecule is CCN1C(=O)NC(c2cccc(F)c2)C(c2nc(-c3ccc(OC)c(OC)c3)no2)=C1C. The van der Waals surface area contributed by atoms with Crippen LogP contribution in [0.3, 0.4) is 0 Å². The van der Waals surface area contributed by atoms with E-state index < -0.39 is 11.9 Å². The van der Waals surface area contributed by atoms with Gasteiger partial charge in [0.25, 0.3) is 5.89 Å². The van der Waals surface area contributed by atoms with Crippen molar-refractivity contribution in [2.24, 2.45) is 0 Å². The molecular weight excluding hydrogens is 415 g/mol. The van der Waals surface area contributed by atoms with Crippen molar-refractivity contribution >= 4 is 11.6 Å². The number of urea groups is 1. The molecule has 0 spiro atoms. The van der Waals surface area contributed by atoms with Crippen molar-refractivity contribution in [3.05, 3.63) is 65.4 Å². The normalized spacial score (nSPS) is 16.2. The van der Waals surface area contributed by atoms with Gasteiger partial charge >= 0.3 is 6.03 Å². The lowest BCUT2D eigenvalue weighted by Crippen LogP contribution is -2.45. The number of rotatable bonds is 6. The molecule has 0 saturated carbocycles. The monoisotopic (exact) mass is 438 g/mol. The van der Waals surface area contributed by atoms with Gasteiger partial charge in [0.15, 0.2) is 11.5 Å². The van der Waals surface area contributed by atoms with Crippen LogP contribution in [0.1, 0.15) is 31.3 Å². The molecule has 32 heavy (non-hydrogen) atoms. The first-order valence-electron chi connectivity index (χ1n) is 10.1. The average Bonchev–Trinajstić information content (AvgIpc) is 3.28. The zero-order chi connectivity index (χ0) is 22.8. The second kappa shape index (κ2) is 8.70. The Balaban J connectivity index is 1.80. The molecule has 0 radical (unpaired) electrons. The summed E-state index contributed by atoms with van der Waals surface area (Å²) in [6, 6.07) is 10.5. The number of methoxy groups -OCH3 is 2. The summed E-state index contributed by atoms with van der Waals surface area (Å²) < 4.78 is 30.2. The topological polar surface area (TPSA) is 89.7 Å². The van der Waals surface area contributed by atoms with Crippen LogP contribution in [-0.4, -0.2) is 41.8 Å². The van der Waals surface area contributed by atoms with Crippen molar-refractivity contribution in [2.75, 3.05) is 20.8 Å². The molecule has 0 saturated heterocycles. The molecule has 4 rings (SSSR count). The number of benzene rings is 2. The molecule has 3 aromatic rings. The Morgan fingerprint density at radius 2 is 1.94 bits per heavy atom. The average molecular weight is 438 g/mol. The molecule has 2 heterocycles. The van der Waals surface area contributed by atoms with E-state index in [1.807, 2.05) is 13.8 Å². The largest absolute Gasteiger partial charge is 0.493 e. The summed E-state index contributed by atoms with van der Waals surface area (Å²) in [6.07, 6.45) is 0. The number of allylic oxidation sites excluding steroid dienone is 1. The summed E-state index contributed by atoms with van der Waals surface area (Å²) in [5.41, 5.74) is 2.52. The van der Waals surface area contributed by atoms with E-state index in [0.717, 1.165) is 0 Å². The summed E-state index contributed by atoms with van der Waals surface area (Å²) in [4.78, 5) is 18.8. The van der Waals surface area contributed by atoms with E-state index in [9.17, 15) is 9.18 Å². The smallest absolute Gasteiger partial charge is 0.322 e. The number of ether oxygens (including phenoxy) is 2. The van der Waals surface area contributed by atoms with Crippen LogP contribution in [-0.2, 0) is 0 Å². The van der Waals surface area contributed by atoms with Gasteiger partial charge in [-0.3, -0.25) is 4.90 Å². The van der Waals surface area contributed by atoms with Gasteiger partial charge in [0.1, 0.15) is 5.82 Å². The lowest BCUT2D eigenvalue weighted by Gasteiger charge is -2.34. The van der Waals surface area contributed by atoms with Crippen molar-refractivity contribution in [1.29, 1.82) is 0 Å². The summed E-state index contributed by atoms with van der Waals surface area (Å²) in [6.45, 7) is 4.13. The Hall–Kier alpha value is -3.88. The van der Waals surface area contributed by atoms with E-state index in [1.54, 1.807) is 49.5 Å². The molecule has 0 fully saturated rings. The third-order valence-electron chi connectivity index (χ3n) is 5.39. The minimum absolute atomic E-state index is 0.236. The lowest BCUT2D eigenvalue weighted by molar-refractivity contribution is 0.207. The Labute approximate surface area is 184 Å². The van der Waals surface area contributed by atoms with Gasteiger partial charge in [-0.05, 0) is 49.7 Å². The summed E-state index contributed by atoms with van der Waals surface area (Å²) in [5.74, 6) is 1.30. The van der Waals surface area contributed by atoms with Crippen molar-refractivity contribution in [1.82, 2.24) is 20.4 Å². The van der Waals surface area contributed by atoms with Gasteiger partial charge in [0.2, 0.25) is 5.82 Å². The van der Waals surface area contributed by atoms with Gasteiger partial charge in [-0.25, -0.2) is 9.18 Å². The molecule has 8 nitrogen and oxygen atoms in total. The fraction of sp³-hybridized carbons (Fsp3) is 0.261. The van der Waals surface area contributed by atoms with Crippen LogP contribution in [0.15, 0.2) is 52.7 Å². The molecule has 166 valence electrons. The molecule has 2 amide bonds. The van der Waals surface area contributed by atoms with Crippen molar-refractivity contribution < 1.29 is 23.2 Å². The molecule has 1 N–H and O–H groups in total. The van der Waals surface area contributed by atoms with E-state index in [2.05, 4.69) is 15.5 Å². The lowest BCUT2D eigenvalue weighted by atomic mass is 9.94. The summed E-state index contributed by atoms with van der Waals surface area (Å²) >= 11 is 0. The fourth-order valence-corrected chi connectivity index (χ4v) is 3.80. The minimum atomic E-state index is -0.639. The maximum absolute atomic E-state index is 13.9. The van der Waals surface area contributed by atoms with Crippen LogP contribution in [0.4, 0.5) is 9.18 Å².